The molecule has 2 rings (SSSR count). The predicted octanol–water partition coefficient (Wildman–Crippen LogP) is 2.15. The summed E-state index contributed by atoms with van der Waals surface area (Å²) in [5, 5.41) is 0.614. The minimum atomic E-state index is -0.165. The molecular weight excluding hydrogens is 337 g/mol. The van der Waals surface area contributed by atoms with Crippen LogP contribution >= 0.6 is 45.5 Å². The topological polar surface area (TPSA) is 58.6 Å². The van der Waals surface area contributed by atoms with Crippen LogP contribution in [0.5, 0.6) is 0 Å². The van der Waals surface area contributed by atoms with Crippen molar-refractivity contribution in [2.45, 2.75) is 0 Å². The SMILES string of the molecule is O=c1[nH]c(-c2ncc(Cl)s2)ncc1I. The van der Waals surface area contributed by atoms with E-state index in [0.29, 0.717) is 18.7 Å². The summed E-state index contributed by atoms with van der Waals surface area (Å²) >= 11 is 8.91. The first-order chi connectivity index (χ1) is 6.66. The number of nitrogens with one attached hydrogen (secondary N) is 1. The van der Waals surface area contributed by atoms with Crippen molar-refractivity contribution < 1.29 is 0 Å². The third-order valence-corrected chi connectivity index (χ3v) is 3.33. The Morgan fingerprint density at radius 2 is 2.21 bits per heavy atom. The van der Waals surface area contributed by atoms with Gasteiger partial charge in [0, 0.05) is 6.20 Å². The van der Waals surface area contributed by atoms with Gasteiger partial charge in [0.15, 0.2) is 10.8 Å². The molecule has 4 nitrogen and oxygen atoms in total. The molecule has 0 atom stereocenters. The smallest absolute Gasteiger partial charge is 0.264 e. The lowest BCUT2D eigenvalue weighted by atomic mass is 10.5. The zero-order chi connectivity index (χ0) is 10.1. The van der Waals surface area contributed by atoms with Gasteiger partial charge in [-0.1, -0.05) is 22.9 Å². The maximum absolute atomic E-state index is 11.3. The van der Waals surface area contributed by atoms with Crippen molar-refractivity contribution in [2.75, 3.05) is 0 Å². The average molecular weight is 340 g/mol. The van der Waals surface area contributed by atoms with E-state index in [1.807, 2.05) is 22.6 Å². The standard InChI is InChI=1S/C7H3ClIN3OS/c8-4-2-11-7(14-4)5-10-1-3(9)6(13)12-5/h1-2H,(H,10,12,13). The summed E-state index contributed by atoms with van der Waals surface area (Å²) in [5.41, 5.74) is -0.165. The third-order valence-electron chi connectivity index (χ3n) is 1.44. The van der Waals surface area contributed by atoms with Gasteiger partial charge in [0.2, 0.25) is 0 Å². The van der Waals surface area contributed by atoms with Crippen LogP contribution in [-0.4, -0.2) is 15.0 Å². The Kier molecular flexibility index (Phi) is 2.84. The predicted molar refractivity (Wildman–Crippen MR) is 63.7 cm³/mol. The number of aromatic amines is 1. The number of H-pyrrole nitrogens is 1. The highest BCUT2D eigenvalue weighted by Crippen LogP contribution is 2.24. The first-order valence-electron chi connectivity index (χ1n) is 3.53. The van der Waals surface area contributed by atoms with Crippen molar-refractivity contribution >= 4 is 45.5 Å². The molecule has 0 aromatic carbocycles. The van der Waals surface area contributed by atoms with Crippen molar-refractivity contribution in [1.29, 1.82) is 0 Å². The normalized spacial score (nSPS) is 10.4. The summed E-state index contributed by atoms with van der Waals surface area (Å²) < 4.78 is 1.12. The zero-order valence-corrected chi connectivity index (χ0v) is 10.4. The molecule has 2 heterocycles. The van der Waals surface area contributed by atoms with Crippen LogP contribution < -0.4 is 5.56 Å². The van der Waals surface area contributed by atoms with Crippen LogP contribution in [0.15, 0.2) is 17.2 Å². The molecule has 0 unspecified atom stereocenters. The molecule has 2 aromatic rings. The van der Waals surface area contributed by atoms with Crippen LogP contribution in [0, 0.1) is 3.57 Å². The van der Waals surface area contributed by atoms with E-state index in [9.17, 15) is 4.79 Å². The fourth-order valence-electron chi connectivity index (χ4n) is 0.852. The van der Waals surface area contributed by atoms with Gasteiger partial charge in [0.05, 0.1) is 9.77 Å². The van der Waals surface area contributed by atoms with Gasteiger partial charge in [0.1, 0.15) is 4.34 Å². The Labute approximate surface area is 102 Å². The minimum Gasteiger partial charge on any atom is -0.304 e. The summed E-state index contributed by atoms with van der Waals surface area (Å²) in [7, 11) is 0. The molecule has 0 saturated carbocycles. The lowest BCUT2D eigenvalue weighted by Crippen LogP contribution is -2.11. The Bertz CT molecular complexity index is 524. The maximum Gasteiger partial charge on any atom is 0.264 e. The highest BCUT2D eigenvalue weighted by molar-refractivity contribution is 14.1. The lowest BCUT2D eigenvalue weighted by molar-refractivity contribution is 1.10. The first kappa shape index (κ1) is 10.1. The highest BCUT2D eigenvalue weighted by Gasteiger charge is 2.06. The summed E-state index contributed by atoms with van der Waals surface area (Å²) in [6.45, 7) is 0. The van der Waals surface area contributed by atoms with Crippen LogP contribution in [0.2, 0.25) is 4.34 Å². The lowest BCUT2D eigenvalue weighted by Gasteiger charge is -1.94. The summed E-state index contributed by atoms with van der Waals surface area (Å²) in [6.07, 6.45) is 3.03. The van der Waals surface area contributed by atoms with Gasteiger partial charge < -0.3 is 4.98 Å². The second-order valence-corrected chi connectivity index (χ2v) is 5.20. The van der Waals surface area contributed by atoms with Crippen LogP contribution in [0.1, 0.15) is 0 Å². The second-order valence-electron chi connectivity index (χ2n) is 2.38. The molecule has 7 heteroatoms. The average Bonchev–Trinajstić information content (AvgIpc) is 2.57. The molecule has 0 aliphatic rings. The number of thiazole rings is 1. The molecule has 0 radical (unpaired) electrons. The molecule has 2 aromatic heterocycles. The zero-order valence-electron chi connectivity index (χ0n) is 6.62. The van der Waals surface area contributed by atoms with Crippen LogP contribution in [-0.2, 0) is 0 Å². The Balaban J connectivity index is 2.53. The number of hydrogen-bond donors (Lipinski definition) is 1. The number of aromatic nitrogens is 3. The van der Waals surface area contributed by atoms with Crippen molar-refractivity contribution in [3.8, 4) is 10.8 Å². The van der Waals surface area contributed by atoms with E-state index < -0.39 is 0 Å². The Hall–Kier alpha value is -0.470. The maximum atomic E-state index is 11.3. The monoisotopic (exact) mass is 339 g/mol. The van der Waals surface area contributed by atoms with Gasteiger partial charge in [-0.05, 0) is 22.6 Å². The van der Waals surface area contributed by atoms with Crippen LogP contribution in [0.4, 0.5) is 0 Å². The van der Waals surface area contributed by atoms with Crippen LogP contribution in [0.3, 0.4) is 0 Å². The fourth-order valence-corrected chi connectivity index (χ4v) is 1.99. The van der Waals surface area contributed by atoms with E-state index in [4.69, 9.17) is 11.6 Å². The van der Waals surface area contributed by atoms with Crippen molar-refractivity contribution in [1.82, 2.24) is 15.0 Å². The van der Waals surface area contributed by atoms with Gasteiger partial charge in [-0.15, -0.1) is 0 Å². The van der Waals surface area contributed by atoms with Gasteiger partial charge in [-0.3, -0.25) is 4.79 Å². The number of hydrogen-bond acceptors (Lipinski definition) is 4. The molecule has 72 valence electrons. The molecule has 1 N–H and O–H groups in total. The number of halogens is 2. The Morgan fingerprint density at radius 3 is 2.79 bits per heavy atom. The van der Waals surface area contributed by atoms with E-state index in [2.05, 4.69) is 15.0 Å². The number of rotatable bonds is 1. The summed E-state index contributed by atoms with van der Waals surface area (Å²) in [6, 6.07) is 0. The molecule has 0 saturated heterocycles. The molecular formula is C7H3ClIN3OS. The summed E-state index contributed by atoms with van der Waals surface area (Å²) in [4.78, 5) is 21.9. The van der Waals surface area contributed by atoms with E-state index in [1.54, 1.807) is 0 Å². The Morgan fingerprint density at radius 1 is 1.43 bits per heavy atom. The van der Waals surface area contributed by atoms with E-state index in [0.717, 1.165) is 0 Å². The third kappa shape index (κ3) is 1.96. The molecule has 0 amide bonds. The van der Waals surface area contributed by atoms with Crippen molar-refractivity contribution in [2.24, 2.45) is 0 Å². The van der Waals surface area contributed by atoms with Gasteiger partial charge in [-0.2, -0.15) is 0 Å². The fraction of sp³-hybridized carbons (Fsp3) is 0. The van der Waals surface area contributed by atoms with E-state index in [1.165, 1.54) is 23.7 Å². The molecule has 0 fully saturated rings. The van der Waals surface area contributed by atoms with Crippen molar-refractivity contribution in [3.05, 3.63) is 30.7 Å². The van der Waals surface area contributed by atoms with Gasteiger partial charge in [-0.25, -0.2) is 9.97 Å². The number of nitrogens with zero attached hydrogens (tertiary/aromatic N) is 2. The quantitative estimate of drug-likeness (QED) is 0.810. The first-order valence-corrected chi connectivity index (χ1v) is 5.80. The van der Waals surface area contributed by atoms with Gasteiger partial charge in [0.25, 0.3) is 5.56 Å². The largest absolute Gasteiger partial charge is 0.304 e. The molecule has 0 spiro atoms. The molecule has 0 aliphatic carbocycles. The van der Waals surface area contributed by atoms with Gasteiger partial charge >= 0.3 is 0 Å². The molecule has 14 heavy (non-hydrogen) atoms. The highest BCUT2D eigenvalue weighted by atomic mass is 127. The van der Waals surface area contributed by atoms with Crippen LogP contribution in [0.25, 0.3) is 10.8 Å². The molecule has 0 aliphatic heterocycles. The van der Waals surface area contributed by atoms with E-state index in [-0.39, 0.29) is 5.56 Å². The molecule has 0 bridgehead atoms. The second kappa shape index (κ2) is 3.95. The van der Waals surface area contributed by atoms with E-state index >= 15 is 0 Å². The van der Waals surface area contributed by atoms with Crippen molar-refractivity contribution in [3.63, 3.8) is 0 Å². The summed E-state index contributed by atoms with van der Waals surface area (Å²) in [5.74, 6) is 0.451. The minimum absolute atomic E-state index is 0.165.